The van der Waals surface area contributed by atoms with Crippen LogP contribution in [0, 0.1) is 0 Å². The maximum Gasteiger partial charge on any atom is 0.335 e. The first kappa shape index (κ1) is 33.7. The Kier molecular flexibility index (Phi) is 8.14. The van der Waals surface area contributed by atoms with Gasteiger partial charge in [-0.1, -0.05) is 0 Å². The summed E-state index contributed by atoms with van der Waals surface area (Å²) >= 11 is 0. The smallest absolute Gasteiger partial charge is 0.335 e. The van der Waals surface area contributed by atoms with Crippen molar-refractivity contribution in [2.24, 2.45) is 0 Å². The standard InChI is InChI=1S/C30H42N2O8S2/c1-27(2,3)31(28(4,5)6)41(36,37)19-16-21-24(33)20-15-18(26(34)35)13-14-22(20)40-25(21)23(17-19)42(38,39)32(29(7,8)9)30(10,11)12/h13-17H,1-12H3,(H,34,35). The molecular weight excluding hydrogens is 580 g/mol. The maximum atomic E-state index is 14.6. The lowest BCUT2D eigenvalue weighted by atomic mass is 10.0. The fourth-order valence-corrected chi connectivity index (χ4v) is 10.6. The summed E-state index contributed by atoms with van der Waals surface area (Å²) in [6.45, 7) is 20.7. The van der Waals surface area contributed by atoms with E-state index in [-0.39, 0.29) is 27.5 Å². The number of carboxylic acids is 1. The van der Waals surface area contributed by atoms with Gasteiger partial charge in [0.15, 0.2) is 5.58 Å². The summed E-state index contributed by atoms with van der Waals surface area (Å²) in [6.07, 6.45) is 0. The topological polar surface area (TPSA) is 142 Å². The second kappa shape index (κ2) is 10.1. The predicted octanol–water partition coefficient (Wildman–Crippen LogP) is 5.82. The minimum Gasteiger partial charge on any atom is -0.478 e. The van der Waals surface area contributed by atoms with Crippen LogP contribution in [0.5, 0.6) is 0 Å². The van der Waals surface area contributed by atoms with Crippen molar-refractivity contribution in [2.75, 3.05) is 0 Å². The average Bonchev–Trinajstić information content (AvgIpc) is 2.73. The number of rotatable bonds is 5. The highest BCUT2D eigenvalue weighted by Gasteiger charge is 2.46. The molecule has 0 aliphatic carbocycles. The summed E-state index contributed by atoms with van der Waals surface area (Å²) in [5.74, 6) is -1.27. The summed E-state index contributed by atoms with van der Waals surface area (Å²) in [6, 6.07) is 5.83. The van der Waals surface area contributed by atoms with Gasteiger partial charge in [-0.25, -0.2) is 21.6 Å². The third-order valence-corrected chi connectivity index (χ3v) is 11.3. The molecule has 0 amide bonds. The van der Waals surface area contributed by atoms with Gasteiger partial charge in [-0.3, -0.25) is 4.79 Å². The number of carbonyl (C=O) groups is 1. The molecule has 0 fully saturated rings. The number of fused-ring (bicyclic) bond motifs is 2. The van der Waals surface area contributed by atoms with Gasteiger partial charge in [-0.2, -0.15) is 8.61 Å². The lowest BCUT2D eigenvalue weighted by molar-refractivity contribution is 0.0696. The van der Waals surface area contributed by atoms with E-state index in [1.807, 2.05) is 0 Å². The SMILES string of the molecule is CC(C)(C)N(C(C)(C)C)S(=O)(=O)c1cc(S(=O)(=O)N(C(C)(C)C)C(C)(C)C)c2oc3ccc(C(=O)O)cc3c(=O)c2c1. The predicted molar refractivity (Wildman–Crippen MR) is 164 cm³/mol. The maximum absolute atomic E-state index is 14.6. The zero-order chi connectivity index (χ0) is 32.6. The van der Waals surface area contributed by atoms with Gasteiger partial charge in [0.05, 0.1) is 21.2 Å². The summed E-state index contributed by atoms with van der Waals surface area (Å²) in [4.78, 5) is 24.6. The highest BCUT2D eigenvalue weighted by molar-refractivity contribution is 7.90. The lowest BCUT2D eigenvalue weighted by Crippen LogP contribution is -2.56. The number of sulfonamides is 2. The molecule has 0 bridgehead atoms. The summed E-state index contributed by atoms with van der Waals surface area (Å²) in [7, 11) is -8.91. The monoisotopic (exact) mass is 622 g/mol. The zero-order valence-electron chi connectivity index (χ0n) is 26.4. The molecule has 0 aliphatic heterocycles. The molecule has 42 heavy (non-hydrogen) atoms. The van der Waals surface area contributed by atoms with Crippen LogP contribution in [0.2, 0.25) is 0 Å². The number of hydrogen-bond acceptors (Lipinski definition) is 7. The summed E-state index contributed by atoms with van der Waals surface area (Å²) in [5, 5.41) is 9.06. The average molecular weight is 623 g/mol. The van der Waals surface area contributed by atoms with Crippen LogP contribution in [-0.2, 0) is 20.0 Å². The molecule has 0 atom stereocenters. The fraction of sp³-hybridized carbons (Fsp3) is 0.533. The van der Waals surface area contributed by atoms with Crippen LogP contribution in [0.15, 0.2) is 49.3 Å². The molecule has 232 valence electrons. The number of carboxylic acid groups (broad SMARTS) is 1. The molecule has 12 heteroatoms. The van der Waals surface area contributed by atoms with Gasteiger partial charge in [-0.15, -0.1) is 0 Å². The van der Waals surface area contributed by atoms with Crippen molar-refractivity contribution in [3.05, 3.63) is 46.1 Å². The van der Waals surface area contributed by atoms with Crippen LogP contribution in [0.3, 0.4) is 0 Å². The molecule has 3 aromatic rings. The molecule has 0 saturated carbocycles. The van der Waals surface area contributed by atoms with E-state index < -0.39 is 63.4 Å². The van der Waals surface area contributed by atoms with Crippen LogP contribution in [0.1, 0.15) is 93.4 Å². The molecule has 0 aliphatic rings. The van der Waals surface area contributed by atoms with Crippen LogP contribution in [-0.4, -0.2) is 58.7 Å². The van der Waals surface area contributed by atoms with Crippen LogP contribution < -0.4 is 5.43 Å². The molecule has 1 heterocycles. The Morgan fingerprint density at radius 3 is 1.57 bits per heavy atom. The Balaban J connectivity index is 2.65. The van der Waals surface area contributed by atoms with E-state index in [0.29, 0.717) is 0 Å². The molecule has 1 aromatic heterocycles. The van der Waals surface area contributed by atoms with Crippen molar-refractivity contribution in [1.29, 1.82) is 0 Å². The van der Waals surface area contributed by atoms with E-state index in [2.05, 4.69) is 0 Å². The second-order valence-electron chi connectivity index (χ2n) is 14.5. The van der Waals surface area contributed by atoms with E-state index in [1.165, 1.54) is 20.7 Å². The van der Waals surface area contributed by atoms with E-state index in [9.17, 15) is 31.5 Å². The quantitative estimate of drug-likeness (QED) is 0.351. The van der Waals surface area contributed by atoms with Gasteiger partial charge in [0.2, 0.25) is 25.5 Å². The van der Waals surface area contributed by atoms with E-state index >= 15 is 0 Å². The number of benzene rings is 2. The molecule has 0 unspecified atom stereocenters. The Morgan fingerprint density at radius 1 is 0.690 bits per heavy atom. The van der Waals surface area contributed by atoms with Crippen molar-refractivity contribution in [3.63, 3.8) is 0 Å². The molecule has 0 radical (unpaired) electrons. The Labute approximate surface area is 248 Å². The van der Waals surface area contributed by atoms with E-state index in [0.717, 1.165) is 18.2 Å². The van der Waals surface area contributed by atoms with Gasteiger partial charge < -0.3 is 9.52 Å². The first-order valence-electron chi connectivity index (χ1n) is 13.5. The van der Waals surface area contributed by atoms with Crippen molar-refractivity contribution in [3.8, 4) is 0 Å². The Hall–Kier alpha value is -2.80. The van der Waals surface area contributed by atoms with Crippen molar-refractivity contribution >= 4 is 48.0 Å². The van der Waals surface area contributed by atoms with Crippen LogP contribution >= 0.6 is 0 Å². The highest BCUT2D eigenvalue weighted by atomic mass is 32.2. The molecule has 1 N–H and O–H groups in total. The number of nitrogens with zero attached hydrogens (tertiary/aromatic N) is 2. The van der Waals surface area contributed by atoms with Gasteiger partial charge in [-0.05, 0) is 113 Å². The molecule has 0 spiro atoms. The third kappa shape index (κ3) is 5.99. The second-order valence-corrected chi connectivity index (χ2v) is 18.0. The Morgan fingerprint density at radius 2 is 1.14 bits per heavy atom. The van der Waals surface area contributed by atoms with Crippen molar-refractivity contribution in [2.45, 2.75) is 115 Å². The first-order valence-corrected chi connectivity index (χ1v) is 16.4. The highest BCUT2D eigenvalue weighted by Crippen LogP contribution is 2.39. The zero-order valence-corrected chi connectivity index (χ0v) is 28.0. The van der Waals surface area contributed by atoms with Gasteiger partial charge in [0.25, 0.3) is 0 Å². The fourth-order valence-electron chi connectivity index (χ4n) is 6.03. The summed E-state index contributed by atoms with van der Waals surface area (Å²) < 4.78 is 66.3. The van der Waals surface area contributed by atoms with Crippen molar-refractivity contribution < 1.29 is 31.2 Å². The third-order valence-electron chi connectivity index (χ3n) is 6.45. The van der Waals surface area contributed by atoms with Gasteiger partial charge >= 0.3 is 5.97 Å². The number of aromatic carboxylic acids is 1. The van der Waals surface area contributed by atoms with Crippen LogP contribution in [0.4, 0.5) is 0 Å². The minimum absolute atomic E-state index is 0.0337. The first-order chi connectivity index (χ1) is 18.6. The summed E-state index contributed by atoms with van der Waals surface area (Å²) in [5.41, 5.74) is -5.01. The molecule has 10 nitrogen and oxygen atoms in total. The van der Waals surface area contributed by atoms with Crippen LogP contribution in [0.25, 0.3) is 21.9 Å². The largest absolute Gasteiger partial charge is 0.478 e. The normalized spacial score (nSPS) is 14.3. The lowest BCUT2D eigenvalue weighted by Gasteiger charge is -2.44. The molecular formula is C30H42N2O8S2. The molecule has 3 rings (SSSR count). The van der Waals surface area contributed by atoms with Crippen molar-refractivity contribution in [1.82, 2.24) is 8.61 Å². The molecule has 2 aromatic carbocycles. The number of hydrogen-bond donors (Lipinski definition) is 1. The molecule has 0 saturated heterocycles. The van der Waals surface area contributed by atoms with E-state index in [1.54, 1.807) is 83.1 Å². The Bertz CT molecular complexity index is 1820. The van der Waals surface area contributed by atoms with E-state index in [4.69, 9.17) is 4.42 Å². The minimum atomic E-state index is -4.51. The van der Waals surface area contributed by atoms with Gasteiger partial charge in [0.1, 0.15) is 10.5 Å². The van der Waals surface area contributed by atoms with Gasteiger partial charge in [0, 0.05) is 22.2 Å².